The van der Waals surface area contributed by atoms with Gasteiger partial charge in [0.1, 0.15) is 5.82 Å². The minimum Gasteiger partial charge on any atom is -0.286 e. The molecule has 82 valence electrons. The van der Waals surface area contributed by atoms with Crippen molar-refractivity contribution in [3.05, 3.63) is 29.7 Å². The van der Waals surface area contributed by atoms with E-state index in [9.17, 15) is 0 Å². The van der Waals surface area contributed by atoms with Gasteiger partial charge in [-0.2, -0.15) is 5.26 Å². The Kier molecular flexibility index (Phi) is 2.86. The number of hydrogen-bond acceptors (Lipinski definition) is 3. The summed E-state index contributed by atoms with van der Waals surface area (Å²) in [5, 5.41) is 17.1. The van der Waals surface area contributed by atoms with Crippen molar-refractivity contribution in [3.8, 4) is 6.07 Å². The van der Waals surface area contributed by atoms with Crippen molar-refractivity contribution >= 4 is 5.65 Å². The van der Waals surface area contributed by atoms with E-state index in [2.05, 4.69) is 30.1 Å². The van der Waals surface area contributed by atoms with Crippen molar-refractivity contribution in [2.24, 2.45) is 0 Å². The minimum atomic E-state index is 0.433. The van der Waals surface area contributed by atoms with Gasteiger partial charge in [-0.15, -0.1) is 10.2 Å². The zero-order chi connectivity index (χ0) is 11.5. The Morgan fingerprint density at radius 3 is 2.75 bits per heavy atom. The zero-order valence-corrected chi connectivity index (χ0v) is 9.51. The number of pyridine rings is 1. The van der Waals surface area contributed by atoms with Gasteiger partial charge in [-0.3, -0.25) is 4.40 Å². The largest absolute Gasteiger partial charge is 0.286 e. The van der Waals surface area contributed by atoms with Gasteiger partial charge in [0.2, 0.25) is 0 Å². The fourth-order valence-corrected chi connectivity index (χ4v) is 1.91. The number of fused-ring (bicyclic) bond motifs is 1. The zero-order valence-electron chi connectivity index (χ0n) is 9.51. The second-order valence-corrected chi connectivity index (χ2v) is 3.83. The van der Waals surface area contributed by atoms with Gasteiger partial charge in [-0.05, 0) is 18.9 Å². The van der Waals surface area contributed by atoms with Crippen molar-refractivity contribution in [2.75, 3.05) is 0 Å². The van der Waals surface area contributed by atoms with Crippen LogP contribution in [0.2, 0.25) is 0 Å². The van der Waals surface area contributed by atoms with Crippen LogP contribution in [0, 0.1) is 11.3 Å². The van der Waals surface area contributed by atoms with Gasteiger partial charge in [0.15, 0.2) is 5.65 Å². The van der Waals surface area contributed by atoms with E-state index in [-0.39, 0.29) is 0 Å². The van der Waals surface area contributed by atoms with Crippen LogP contribution in [0.15, 0.2) is 18.3 Å². The van der Waals surface area contributed by atoms with E-state index < -0.39 is 0 Å². The lowest BCUT2D eigenvalue weighted by Crippen LogP contribution is -2.02. The van der Waals surface area contributed by atoms with Gasteiger partial charge in [-0.25, -0.2) is 0 Å². The molecular weight excluding hydrogens is 200 g/mol. The molecule has 2 aromatic heterocycles. The predicted molar refractivity (Wildman–Crippen MR) is 61.0 cm³/mol. The summed E-state index contributed by atoms with van der Waals surface area (Å²) in [6.07, 6.45) is 3.98. The average Bonchev–Trinajstić information content (AvgIpc) is 2.74. The Balaban J connectivity index is 2.54. The topological polar surface area (TPSA) is 54.0 Å². The Labute approximate surface area is 94.5 Å². The lowest BCUT2D eigenvalue weighted by molar-refractivity contribution is 0.595. The molecule has 2 aromatic rings. The van der Waals surface area contributed by atoms with Crippen molar-refractivity contribution in [3.63, 3.8) is 0 Å². The average molecular weight is 214 g/mol. The maximum atomic E-state index is 8.80. The predicted octanol–water partition coefficient (Wildman–Crippen LogP) is 2.50. The van der Waals surface area contributed by atoms with E-state index in [1.54, 1.807) is 12.1 Å². The van der Waals surface area contributed by atoms with Crippen LogP contribution in [0.4, 0.5) is 0 Å². The summed E-state index contributed by atoms with van der Waals surface area (Å²) >= 11 is 0. The Morgan fingerprint density at radius 2 is 2.12 bits per heavy atom. The van der Waals surface area contributed by atoms with Crippen molar-refractivity contribution in [2.45, 2.75) is 32.6 Å². The molecule has 0 bridgehead atoms. The van der Waals surface area contributed by atoms with Gasteiger partial charge in [0.05, 0.1) is 11.6 Å². The van der Waals surface area contributed by atoms with Crippen molar-refractivity contribution < 1.29 is 0 Å². The fraction of sp³-hybridized carbons (Fsp3) is 0.417. The third-order valence-electron chi connectivity index (χ3n) is 2.92. The number of nitrogens with zero attached hydrogens (tertiary/aromatic N) is 4. The molecule has 0 aromatic carbocycles. The molecule has 0 aliphatic carbocycles. The summed E-state index contributed by atoms with van der Waals surface area (Å²) in [7, 11) is 0. The van der Waals surface area contributed by atoms with Crippen LogP contribution in [0.25, 0.3) is 5.65 Å². The van der Waals surface area contributed by atoms with Gasteiger partial charge in [0, 0.05) is 18.2 Å². The summed E-state index contributed by atoms with van der Waals surface area (Å²) in [4.78, 5) is 0. The first-order chi connectivity index (χ1) is 7.80. The SMILES string of the molecule is CCC(CC)c1nnc2cc(C#N)ccn12. The summed E-state index contributed by atoms with van der Waals surface area (Å²) < 4.78 is 1.97. The minimum absolute atomic E-state index is 0.433. The van der Waals surface area contributed by atoms with Crippen LogP contribution in [0.3, 0.4) is 0 Å². The second kappa shape index (κ2) is 4.31. The smallest absolute Gasteiger partial charge is 0.162 e. The monoisotopic (exact) mass is 214 g/mol. The molecule has 4 nitrogen and oxygen atoms in total. The molecule has 0 amide bonds. The van der Waals surface area contributed by atoms with E-state index >= 15 is 0 Å². The molecular formula is C12H14N4. The molecule has 4 heteroatoms. The summed E-state index contributed by atoms with van der Waals surface area (Å²) in [6, 6.07) is 5.66. The number of nitriles is 1. The first kappa shape index (κ1) is 10.6. The lowest BCUT2D eigenvalue weighted by Gasteiger charge is -2.09. The molecule has 0 atom stereocenters. The van der Waals surface area contributed by atoms with Crippen LogP contribution in [-0.4, -0.2) is 14.6 Å². The van der Waals surface area contributed by atoms with Crippen LogP contribution < -0.4 is 0 Å². The first-order valence-electron chi connectivity index (χ1n) is 5.54. The van der Waals surface area contributed by atoms with Gasteiger partial charge in [-0.1, -0.05) is 13.8 Å². The summed E-state index contributed by atoms with van der Waals surface area (Å²) in [6.45, 7) is 4.30. The van der Waals surface area contributed by atoms with Crippen LogP contribution in [0.1, 0.15) is 44.0 Å². The molecule has 0 fully saturated rings. The van der Waals surface area contributed by atoms with Gasteiger partial charge in [0.25, 0.3) is 0 Å². The second-order valence-electron chi connectivity index (χ2n) is 3.83. The molecule has 0 N–H and O–H groups in total. The fourth-order valence-electron chi connectivity index (χ4n) is 1.91. The highest BCUT2D eigenvalue weighted by molar-refractivity contribution is 5.45. The molecule has 16 heavy (non-hydrogen) atoms. The standard InChI is InChI=1S/C12H14N4/c1-3-10(4-2)12-15-14-11-7-9(8-13)5-6-16(11)12/h5-7,10H,3-4H2,1-2H3. The van der Waals surface area contributed by atoms with E-state index in [4.69, 9.17) is 5.26 Å². The summed E-state index contributed by atoms with van der Waals surface area (Å²) in [5.74, 6) is 1.42. The highest BCUT2D eigenvalue weighted by Crippen LogP contribution is 2.21. The summed E-state index contributed by atoms with van der Waals surface area (Å²) in [5.41, 5.74) is 1.37. The highest BCUT2D eigenvalue weighted by Gasteiger charge is 2.14. The Bertz CT molecular complexity index is 531. The van der Waals surface area contributed by atoms with E-state index in [0.717, 1.165) is 24.3 Å². The van der Waals surface area contributed by atoms with Gasteiger partial charge >= 0.3 is 0 Å². The molecule has 2 heterocycles. The Hall–Kier alpha value is -1.89. The maximum absolute atomic E-state index is 8.80. The number of rotatable bonds is 3. The van der Waals surface area contributed by atoms with Crippen molar-refractivity contribution in [1.29, 1.82) is 5.26 Å². The molecule has 0 unspecified atom stereocenters. The quantitative estimate of drug-likeness (QED) is 0.788. The first-order valence-corrected chi connectivity index (χ1v) is 5.54. The maximum Gasteiger partial charge on any atom is 0.162 e. The third-order valence-corrected chi connectivity index (χ3v) is 2.92. The van der Waals surface area contributed by atoms with Gasteiger partial charge < -0.3 is 0 Å². The molecule has 0 spiro atoms. The van der Waals surface area contributed by atoms with E-state index in [0.29, 0.717) is 11.5 Å². The van der Waals surface area contributed by atoms with E-state index in [1.165, 1.54) is 0 Å². The molecule has 0 saturated carbocycles. The normalized spacial score (nSPS) is 10.9. The molecule has 0 saturated heterocycles. The molecule has 0 radical (unpaired) electrons. The number of hydrogen-bond donors (Lipinski definition) is 0. The Morgan fingerprint density at radius 1 is 1.38 bits per heavy atom. The third kappa shape index (κ3) is 1.65. The van der Waals surface area contributed by atoms with E-state index in [1.807, 2.05) is 10.6 Å². The van der Waals surface area contributed by atoms with Crippen LogP contribution >= 0.6 is 0 Å². The lowest BCUT2D eigenvalue weighted by atomic mass is 10.0. The molecule has 2 rings (SSSR count). The van der Waals surface area contributed by atoms with Crippen LogP contribution in [0.5, 0.6) is 0 Å². The number of aromatic nitrogens is 3. The van der Waals surface area contributed by atoms with Crippen LogP contribution in [-0.2, 0) is 0 Å². The highest BCUT2D eigenvalue weighted by atomic mass is 15.2. The van der Waals surface area contributed by atoms with Crippen molar-refractivity contribution in [1.82, 2.24) is 14.6 Å². The molecule has 0 aliphatic heterocycles. The molecule has 0 aliphatic rings.